The maximum Gasteiger partial charge on any atom is -0.0128 e. The van der Waals surface area contributed by atoms with E-state index in [0.29, 0.717) is 5.41 Å². The molecular formula is C23H40. The molecule has 0 heteroatoms. The molecule has 3 aliphatic rings. The largest absolute Gasteiger partial charge is 0.0776 e. The molecule has 0 spiro atoms. The summed E-state index contributed by atoms with van der Waals surface area (Å²) >= 11 is 0. The Balaban J connectivity index is 0.000000494. The number of hydrogen-bond acceptors (Lipinski definition) is 0. The topological polar surface area (TPSA) is 0 Å². The maximum absolute atomic E-state index is 2.58. The van der Waals surface area contributed by atoms with Gasteiger partial charge in [-0.1, -0.05) is 72.7 Å². The van der Waals surface area contributed by atoms with Crippen molar-refractivity contribution in [2.75, 3.05) is 0 Å². The zero-order chi connectivity index (χ0) is 16.2. The first-order valence-corrected chi connectivity index (χ1v) is 9.86. The van der Waals surface area contributed by atoms with Crippen molar-refractivity contribution in [3.63, 3.8) is 0 Å². The van der Waals surface area contributed by atoms with Crippen molar-refractivity contribution in [3.05, 3.63) is 35.4 Å². The minimum Gasteiger partial charge on any atom is -0.0776 e. The van der Waals surface area contributed by atoms with Gasteiger partial charge in [0.1, 0.15) is 0 Å². The molecule has 0 saturated heterocycles. The van der Waals surface area contributed by atoms with Crippen LogP contribution in [0.2, 0.25) is 0 Å². The van der Waals surface area contributed by atoms with E-state index < -0.39 is 0 Å². The summed E-state index contributed by atoms with van der Waals surface area (Å²) in [5, 5.41) is 0. The summed E-state index contributed by atoms with van der Waals surface area (Å²) in [4.78, 5) is 0. The Hall–Kier alpha value is -0.780. The number of fused-ring (bicyclic) bond motifs is 5. The lowest BCUT2D eigenvalue weighted by molar-refractivity contribution is 0.0598. The van der Waals surface area contributed by atoms with Crippen LogP contribution in [0.5, 0.6) is 0 Å². The van der Waals surface area contributed by atoms with Crippen LogP contribution in [-0.4, -0.2) is 0 Å². The van der Waals surface area contributed by atoms with Crippen molar-refractivity contribution >= 4 is 0 Å². The van der Waals surface area contributed by atoms with Crippen molar-refractivity contribution < 1.29 is 0 Å². The number of aryl methyl sites for hydroxylation is 1. The molecule has 3 aliphatic carbocycles. The lowest BCUT2D eigenvalue weighted by Crippen LogP contribution is -2.39. The van der Waals surface area contributed by atoms with Gasteiger partial charge in [0.05, 0.1) is 0 Å². The second kappa shape index (κ2) is 8.90. The molecule has 0 heterocycles. The highest BCUT2D eigenvalue weighted by molar-refractivity contribution is 5.34. The highest BCUT2D eigenvalue weighted by Gasteiger charge is 2.49. The predicted octanol–water partition coefficient (Wildman–Crippen LogP) is 7.62. The molecule has 0 radical (unpaired) electrons. The minimum atomic E-state index is 0. The third-order valence-corrected chi connectivity index (χ3v) is 6.42. The van der Waals surface area contributed by atoms with Crippen LogP contribution in [0, 0.1) is 17.3 Å². The molecule has 0 aromatic heterocycles. The predicted molar refractivity (Wildman–Crippen MR) is 105 cm³/mol. The molecule has 0 amide bonds. The van der Waals surface area contributed by atoms with Crippen LogP contribution in [0.25, 0.3) is 0 Å². The minimum absolute atomic E-state index is 0. The Morgan fingerprint density at radius 2 is 1.61 bits per heavy atom. The fourth-order valence-electron chi connectivity index (χ4n) is 5.51. The third-order valence-electron chi connectivity index (χ3n) is 6.42. The van der Waals surface area contributed by atoms with Crippen LogP contribution in [-0.2, 0) is 6.42 Å². The van der Waals surface area contributed by atoms with E-state index in [2.05, 4.69) is 31.2 Å². The van der Waals surface area contributed by atoms with Gasteiger partial charge in [0.25, 0.3) is 0 Å². The Morgan fingerprint density at radius 3 is 2.35 bits per heavy atom. The summed E-state index contributed by atoms with van der Waals surface area (Å²) in [6, 6.07) is 9.27. The molecule has 0 aliphatic heterocycles. The molecule has 1 aromatic carbocycles. The van der Waals surface area contributed by atoms with Gasteiger partial charge < -0.3 is 0 Å². The molecule has 4 rings (SSSR count). The van der Waals surface area contributed by atoms with E-state index >= 15 is 0 Å². The van der Waals surface area contributed by atoms with Gasteiger partial charge in [-0.3, -0.25) is 0 Å². The van der Waals surface area contributed by atoms with Crippen LogP contribution in [0.15, 0.2) is 24.3 Å². The molecule has 0 N–H and O–H groups in total. The fraction of sp³-hybridized carbons (Fsp3) is 0.739. The molecule has 1 aromatic rings. The Morgan fingerprint density at radius 1 is 0.913 bits per heavy atom. The van der Waals surface area contributed by atoms with E-state index in [1.54, 1.807) is 11.1 Å². The van der Waals surface area contributed by atoms with Crippen LogP contribution in [0.4, 0.5) is 0 Å². The zero-order valence-corrected chi connectivity index (χ0v) is 15.5. The van der Waals surface area contributed by atoms with Gasteiger partial charge in [-0.15, -0.1) is 0 Å². The Labute approximate surface area is 146 Å². The molecule has 132 valence electrons. The highest BCUT2D eigenvalue weighted by atomic mass is 14.5. The van der Waals surface area contributed by atoms with Crippen LogP contribution in [0.3, 0.4) is 0 Å². The van der Waals surface area contributed by atoms with Gasteiger partial charge in [-0.25, -0.2) is 0 Å². The monoisotopic (exact) mass is 316 g/mol. The summed E-state index contributed by atoms with van der Waals surface area (Å²) < 4.78 is 0. The molecule has 2 saturated carbocycles. The summed E-state index contributed by atoms with van der Waals surface area (Å²) in [6.07, 6.45) is 10.2. The molecule has 4 atom stereocenters. The molecular weight excluding hydrogens is 276 g/mol. The molecule has 4 unspecified atom stereocenters. The van der Waals surface area contributed by atoms with Crippen molar-refractivity contribution in [2.45, 2.75) is 92.9 Å². The number of hydrogen-bond donors (Lipinski definition) is 0. The van der Waals surface area contributed by atoms with Crippen molar-refractivity contribution in [1.82, 2.24) is 0 Å². The highest BCUT2D eigenvalue weighted by Crippen LogP contribution is 2.60. The standard InChI is InChI=1S/C18H24.2C2H6.CH4/c1-18-11-4-7-17(18)16-9-8-13-5-2-3-6-14(13)15(16)10-12-18;2*1-2;/h2-3,5-6,15-17H,4,7-12H2,1H3;2*1-2H3;1H4. The van der Waals surface area contributed by atoms with Gasteiger partial charge in [-0.05, 0) is 72.8 Å². The van der Waals surface area contributed by atoms with Gasteiger partial charge in [0.2, 0.25) is 0 Å². The van der Waals surface area contributed by atoms with Crippen LogP contribution >= 0.6 is 0 Å². The number of benzene rings is 1. The molecule has 2 fully saturated rings. The first kappa shape index (κ1) is 20.3. The SMILES string of the molecule is C.CC.CC.CC12CCCC1C1CCc3ccccc3C1CC2. The van der Waals surface area contributed by atoms with Gasteiger partial charge in [-0.2, -0.15) is 0 Å². The Kier molecular flexibility index (Phi) is 7.84. The van der Waals surface area contributed by atoms with Crippen molar-refractivity contribution in [1.29, 1.82) is 0 Å². The van der Waals surface area contributed by atoms with E-state index in [1.165, 1.54) is 44.9 Å². The summed E-state index contributed by atoms with van der Waals surface area (Å²) in [5.41, 5.74) is 4.07. The lowest BCUT2D eigenvalue weighted by atomic mass is 9.56. The lowest BCUT2D eigenvalue weighted by Gasteiger charge is -2.49. The second-order valence-electron chi connectivity index (χ2n) is 7.20. The van der Waals surface area contributed by atoms with Crippen molar-refractivity contribution in [2.24, 2.45) is 17.3 Å². The van der Waals surface area contributed by atoms with E-state index in [-0.39, 0.29) is 7.43 Å². The zero-order valence-electron chi connectivity index (χ0n) is 15.5. The van der Waals surface area contributed by atoms with E-state index in [9.17, 15) is 0 Å². The van der Waals surface area contributed by atoms with E-state index in [4.69, 9.17) is 0 Å². The van der Waals surface area contributed by atoms with Crippen LogP contribution < -0.4 is 0 Å². The van der Waals surface area contributed by atoms with E-state index in [0.717, 1.165) is 17.8 Å². The quantitative estimate of drug-likeness (QED) is 0.461. The maximum atomic E-state index is 2.58. The molecule has 0 bridgehead atoms. The number of rotatable bonds is 0. The summed E-state index contributed by atoms with van der Waals surface area (Å²) in [7, 11) is 0. The first-order valence-electron chi connectivity index (χ1n) is 9.86. The normalized spacial score (nSPS) is 33.3. The fourth-order valence-corrected chi connectivity index (χ4v) is 5.51. The summed E-state index contributed by atoms with van der Waals surface area (Å²) in [5.74, 6) is 2.93. The second-order valence-corrected chi connectivity index (χ2v) is 7.20. The Bertz CT molecular complexity index is 461. The average molecular weight is 317 g/mol. The molecule has 23 heavy (non-hydrogen) atoms. The van der Waals surface area contributed by atoms with Gasteiger partial charge >= 0.3 is 0 Å². The van der Waals surface area contributed by atoms with Gasteiger partial charge in [0.15, 0.2) is 0 Å². The smallest absolute Gasteiger partial charge is 0.0128 e. The molecule has 0 nitrogen and oxygen atoms in total. The summed E-state index contributed by atoms with van der Waals surface area (Å²) in [6.45, 7) is 10.6. The first-order chi connectivity index (χ1) is 10.8. The average Bonchev–Trinajstić information content (AvgIpc) is 3.00. The van der Waals surface area contributed by atoms with E-state index in [1.807, 2.05) is 27.7 Å². The van der Waals surface area contributed by atoms with Crippen LogP contribution in [0.1, 0.15) is 97.6 Å². The van der Waals surface area contributed by atoms with Crippen molar-refractivity contribution in [3.8, 4) is 0 Å². The van der Waals surface area contributed by atoms with Gasteiger partial charge in [0, 0.05) is 0 Å². The third kappa shape index (κ3) is 3.67.